The van der Waals surface area contributed by atoms with Crippen LogP contribution >= 0.6 is 0 Å². The Bertz CT molecular complexity index is 128. The number of aliphatic hydroxyl groups excluding tert-OH is 3. The summed E-state index contributed by atoms with van der Waals surface area (Å²) in [4.78, 5) is 0. The van der Waals surface area contributed by atoms with E-state index in [1.165, 1.54) is 0 Å². The van der Waals surface area contributed by atoms with Gasteiger partial charge in [0.2, 0.25) is 0 Å². The molecular weight excluding hydrogens is 148 g/mol. The van der Waals surface area contributed by atoms with Crippen LogP contribution in [0.5, 0.6) is 0 Å². The molecule has 0 saturated carbocycles. The molecule has 0 radical (unpaired) electrons. The highest BCUT2D eigenvalue weighted by molar-refractivity contribution is 4.77. The molecule has 4 nitrogen and oxygen atoms in total. The van der Waals surface area contributed by atoms with Gasteiger partial charge >= 0.3 is 0 Å². The van der Waals surface area contributed by atoms with E-state index in [1.54, 1.807) is 0 Å². The molecule has 0 aromatic heterocycles. The van der Waals surface area contributed by atoms with Crippen molar-refractivity contribution in [1.29, 1.82) is 0 Å². The maximum atomic E-state index is 9.10. The lowest BCUT2D eigenvalue weighted by atomic mass is 9.94. The molecule has 0 spiro atoms. The van der Waals surface area contributed by atoms with Gasteiger partial charge in [-0.05, 0) is 12.3 Å². The SMILES string of the molecule is C[C@@H]1C[C@H](O)C(O)O[C@H]1CO. The van der Waals surface area contributed by atoms with Crippen LogP contribution in [-0.4, -0.2) is 40.4 Å². The summed E-state index contributed by atoms with van der Waals surface area (Å²) in [5.74, 6) is 0.0957. The zero-order chi connectivity index (χ0) is 8.43. The zero-order valence-corrected chi connectivity index (χ0v) is 6.47. The highest BCUT2D eigenvalue weighted by atomic mass is 16.6. The molecule has 1 fully saturated rings. The first-order valence-electron chi connectivity index (χ1n) is 3.77. The normalized spacial score (nSPS) is 45.8. The number of ether oxygens (including phenoxy) is 1. The van der Waals surface area contributed by atoms with E-state index in [0.717, 1.165) is 0 Å². The molecule has 1 aliphatic heterocycles. The molecule has 1 saturated heterocycles. The lowest BCUT2D eigenvalue weighted by Crippen LogP contribution is -2.44. The van der Waals surface area contributed by atoms with Crippen molar-refractivity contribution in [3.05, 3.63) is 0 Å². The molecule has 0 bridgehead atoms. The van der Waals surface area contributed by atoms with Crippen molar-refractivity contribution in [2.75, 3.05) is 6.61 Å². The molecule has 4 heteroatoms. The van der Waals surface area contributed by atoms with Gasteiger partial charge in [-0.25, -0.2) is 0 Å². The van der Waals surface area contributed by atoms with Crippen LogP contribution in [0.4, 0.5) is 0 Å². The third-order valence-corrected chi connectivity index (χ3v) is 2.07. The van der Waals surface area contributed by atoms with E-state index < -0.39 is 12.4 Å². The molecule has 1 rings (SSSR count). The summed E-state index contributed by atoms with van der Waals surface area (Å²) in [7, 11) is 0. The van der Waals surface area contributed by atoms with Crippen molar-refractivity contribution in [1.82, 2.24) is 0 Å². The molecule has 3 N–H and O–H groups in total. The third kappa shape index (κ3) is 1.90. The molecule has 0 aromatic carbocycles. The molecule has 11 heavy (non-hydrogen) atoms. The Labute approximate surface area is 65.4 Å². The summed E-state index contributed by atoms with van der Waals surface area (Å²) in [5.41, 5.74) is 0. The van der Waals surface area contributed by atoms with Crippen molar-refractivity contribution >= 4 is 0 Å². The minimum Gasteiger partial charge on any atom is -0.394 e. The summed E-state index contributed by atoms with van der Waals surface area (Å²) >= 11 is 0. The number of hydrogen-bond donors (Lipinski definition) is 3. The second kappa shape index (κ2) is 3.49. The molecule has 0 aliphatic carbocycles. The first kappa shape index (κ1) is 8.93. The van der Waals surface area contributed by atoms with E-state index in [2.05, 4.69) is 0 Å². The predicted octanol–water partition coefficient (Wildman–Crippen LogP) is -0.917. The molecule has 1 unspecified atom stereocenters. The molecule has 0 amide bonds. The van der Waals surface area contributed by atoms with Gasteiger partial charge in [0.25, 0.3) is 0 Å². The fourth-order valence-corrected chi connectivity index (χ4v) is 1.28. The van der Waals surface area contributed by atoms with Gasteiger partial charge in [0.15, 0.2) is 6.29 Å². The summed E-state index contributed by atoms with van der Waals surface area (Å²) in [6, 6.07) is 0. The van der Waals surface area contributed by atoms with E-state index >= 15 is 0 Å². The lowest BCUT2D eigenvalue weighted by molar-refractivity contribution is -0.237. The van der Waals surface area contributed by atoms with Gasteiger partial charge in [0, 0.05) is 0 Å². The van der Waals surface area contributed by atoms with Crippen LogP contribution in [0.3, 0.4) is 0 Å². The van der Waals surface area contributed by atoms with Crippen molar-refractivity contribution in [2.45, 2.75) is 31.8 Å². The summed E-state index contributed by atoms with van der Waals surface area (Å²) < 4.78 is 4.92. The monoisotopic (exact) mass is 162 g/mol. The van der Waals surface area contributed by atoms with Crippen LogP contribution in [0.2, 0.25) is 0 Å². The molecule has 0 aromatic rings. The van der Waals surface area contributed by atoms with Crippen LogP contribution in [0.25, 0.3) is 0 Å². The van der Waals surface area contributed by atoms with Gasteiger partial charge < -0.3 is 20.1 Å². The Kier molecular flexibility index (Phi) is 2.84. The van der Waals surface area contributed by atoms with Crippen molar-refractivity contribution in [3.63, 3.8) is 0 Å². The first-order chi connectivity index (χ1) is 5.15. The zero-order valence-electron chi connectivity index (χ0n) is 6.47. The third-order valence-electron chi connectivity index (χ3n) is 2.07. The fourth-order valence-electron chi connectivity index (χ4n) is 1.28. The Morgan fingerprint density at radius 2 is 2.09 bits per heavy atom. The number of rotatable bonds is 1. The highest BCUT2D eigenvalue weighted by Gasteiger charge is 2.32. The Morgan fingerprint density at radius 3 is 2.64 bits per heavy atom. The largest absolute Gasteiger partial charge is 0.394 e. The van der Waals surface area contributed by atoms with E-state index in [0.29, 0.717) is 6.42 Å². The predicted molar refractivity (Wildman–Crippen MR) is 37.8 cm³/mol. The molecule has 66 valence electrons. The quantitative estimate of drug-likeness (QED) is 0.466. The van der Waals surface area contributed by atoms with Crippen LogP contribution in [0.1, 0.15) is 13.3 Å². The van der Waals surface area contributed by atoms with E-state index in [1.807, 2.05) is 6.92 Å². The fraction of sp³-hybridized carbons (Fsp3) is 1.00. The second-order valence-electron chi connectivity index (χ2n) is 3.03. The topological polar surface area (TPSA) is 69.9 Å². The minimum atomic E-state index is -1.14. The number of aliphatic hydroxyl groups is 3. The van der Waals surface area contributed by atoms with Crippen LogP contribution in [0.15, 0.2) is 0 Å². The van der Waals surface area contributed by atoms with Crippen LogP contribution in [-0.2, 0) is 4.74 Å². The Balaban J connectivity index is 2.48. The van der Waals surface area contributed by atoms with E-state index in [4.69, 9.17) is 20.1 Å². The Morgan fingerprint density at radius 1 is 1.45 bits per heavy atom. The van der Waals surface area contributed by atoms with Gasteiger partial charge in [0.1, 0.15) is 6.10 Å². The highest BCUT2D eigenvalue weighted by Crippen LogP contribution is 2.23. The average Bonchev–Trinajstić information content (AvgIpc) is 1.97. The summed E-state index contributed by atoms with van der Waals surface area (Å²) in [6.07, 6.45) is -1.81. The maximum Gasteiger partial charge on any atom is 0.181 e. The van der Waals surface area contributed by atoms with Gasteiger partial charge in [-0.15, -0.1) is 0 Å². The molecular formula is C7H14O4. The first-order valence-corrected chi connectivity index (χ1v) is 3.77. The van der Waals surface area contributed by atoms with Crippen molar-refractivity contribution in [3.8, 4) is 0 Å². The molecule has 4 atom stereocenters. The van der Waals surface area contributed by atoms with Gasteiger partial charge in [-0.1, -0.05) is 6.92 Å². The number of hydrogen-bond acceptors (Lipinski definition) is 4. The standard InChI is InChI=1S/C7H14O4/c1-4-2-5(9)7(10)11-6(4)3-8/h4-10H,2-3H2,1H3/t4-,5+,6+,7?/m1/s1. The van der Waals surface area contributed by atoms with Gasteiger partial charge in [-0.3, -0.25) is 0 Å². The average molecular weight is 162 g/mol. The lowest BCUT2D eigenvalue weighted by Gasteiger charge is -2.34. The van der Waals surface area contributed by atoms with E-state index in [-0.39, 0.29) is 18.6 Å². The Hall–Kier alpha value is -0.160. The van der Waals surface area contributed by atoms with E-state index in [9.17, 15) is 0 Å². The smallest absolute Gasteiger partial charge is 0.181 e. The molecule has 1 heterocycles. The molecule has 1 aliphatic rings. The second-order valence-corrected chi connectivity index (χ2v) is 3.03. The maximum absolute atomic E-state index is 9.10. The summed E-state index contributed by atoms with van der Waals surface area (Å²) in [6.45, 7) is 1.76. The van der Waals surface area contributed by atoms with Crippen LogP contribution < -0.4 is 0 Å². The van der Waals surface area contributed by atoms with Crippen molar-refractivity contribution < 1.29 is 20.1 Å². The van der Waals surface area contributed by atoms with Crippen molar-refractivity contribution in [2.24, 2.45) is 5.92 Å². The summed E-state index contributed by atoms with van der Waals surface area (Å²) in [5, 5.41) is 26.9. The van der Waals surface area contributed by atoms with Crippen LogP contribution in [0, 0.1) is 5.92 Å². The van der Waals surface area contributed by atoms with Gasteiger partial charge in [-0.2, -0.15) is 0 Å². The van der Waals surface area contributed by atoms with Gasteiger partial charge in [0.05, 0.1) is 12.7 Å². The minimum absolute atomic E-state index is 0.0957.